The number of aliphatic hydroxyl groups is 1. The lowest BCUT2D eigenvalue weighted by atomic mass is 9.87. The monoisotopic (exact) mass is 454 g/mol. The first-order valence-corrected chi connectivity index (χ1v) is 10.6. The number of carbonyl (C=O) groups is 1. The van der Waals surface area contributed by atoms with Gasteiger partial charge in [0.1, 0.15) is 11.0 Å². The molecule has 1 amide bonds. The molecule has 2 saturated heterocycles. The van der Waals surface area contributed by atoms with Crippen molar-refractivity contribution in [2.24, 2.45) is 7.05 Å². The van der Waals surface area contributed by atoms with Crippen molar-refractivity contribution in [3.05, 3.63) is 12.4 Å². The summed E-state index contributed by atoms with van der Waals surface area (Å²) in [6.07, 6.45) is -3.78. The maximum absolute atomic E-state index is 12.7. The predicted molar refractivity (Wildman–Crippen MR) is 98.7 cm³/mol. The number of hydrogen-bond donors (Lipinski definition) is 1. The van der Waals surface area contributed by atoms with Crippen LogP contribution in [0.25, 0.3) is 0 Å². The van der Waals surface area contributed by atoms with Gasteiger partial charge in [-0.05, 0) is 19.3 Å². The Hall–Kier alpha value is -1.70. The van der Waals surface area contributed by atoms with Gasteiger partial charge in [0.05, 0.1) is 29.9 Å². The summed E-state index contributed by atoms with van der Waals surface area (Å²) in [4.78, 5) is 13.8. The number of likely N-dealkylation sites (N-methyl/N-ethyl adjacent to an activating group) is 1. The van der Waals surface area contributed by atoms with Crippen molar-refractivity contribution in [1.29, 1.82) is 0 Å². The lowest BCUT2D eigenvalue weighted by Gasteiger charge is -2.38. The Morgan fingerprint density at radius 2 is 2.17 bits per heavy atom. The van der Waals surface area contributed by atoms with Crippen LogP contribution in [0.3, 0.4) is 0 Å². The molecule has 1 spiro atoms. The molecule has 2 fully saturated rings. The fourth-order valence-electron chi connectivity index (χ4n) is 3.69. The third-order valence-electron chi connectivity index (χ3n) is 5.55. The highest BCUT2D eigenvalue weighted by molar-refractivity contribution is 7.82. The third-order valence-corrected chi connectivity index (χ3v) is 6.99. The van der Waals surface area contributed by atoms with Crippen LogP contribution in [0, 0.1) is 0 Å². The van der Waals surface area contributed by atoms with E-state index >= 15 is 0 Å². The number of carbonyl (C=O) groups excluding carboxylic acids is 1. The molecular formula is C17H25F3N4O5S. The molecule has 0 saturated carbocycles. The van der Waals surface area contributed by atoms with Crippen molar-refractivity contribution in [3.63, 3.8) is 0 Å². The first-order chi connectivity index (χ1) is 14.0. The summed E-state index contributed by atoms with van der Waals surface area (Å²) < 4.78 is 64.5. The number of nitrogens with zero attached hydrogens (tertiary/aromatic N) is 4. The van der Waals surface area contributed by atoms with Crippen LogP contribution in [0.1, 0.15) is 19.3 Å². The number of likely N-dealkylation sites (tertiary alicyclic amines) is 1. The van der Waals surface area contributed by atoms with E-state index < -0.39 is 41.6 Å². The van der Waals surface area contributed by atoms with E-state index in [1.807, 2.05) is 0 Å². The van der Waals surface area contributed by atoms with Gasteiger partial charge in [0.15, 0.2) is 0 Å². The molecule has 2 aliphatic heterocycles. The van der Waals surface area contributed by atoms with Crippen molar-refractivity contribution in [3.8, 4) is 0 Å². The molecule has 0 radical (unpaired) electrons. The van der Waals surface area contributed by atoms with Gasteiger partial charge in [-0.15, -0.1) is 0 Å². The lowest BCUT2D eigenvalue weighted by Crippen LogP contribution is -2.49. The number of halogens is 3. The summed E-state index contributed by atoms with van der Waals surface area (Å²) in [5.74, 6) is 0. The molecule has 3 atom stereocenters. The van der Waals surface area contributed by atoms with Gasteiger partial charge in [-0.3, -0.25) is 4.68 Å². The number of ether oxygens (including phenoxy) is 2. The Balaban J connectivity index is 1.53. The van der Waals surface area contributed by atoms with E-state index in [0.29, 0.717) is 30.8 Å². The van der Waals surface area contributed by atoms with Gasteiger partial charge in [-0.25, -0.2) is 13.3 Å². The second-order valence-corrected chi connectivity index (χ2v) is 9.13. The second-order valence-electron chi connectivity index (χ2n) is 7.58. The van der Waals surface area contributed by atoms with E-state index in [0.717, 1.165) is 0 Å². The highest BCUT2D eigenvalue weighted by Gasteiger charge is 2.47. The standard InChI is InChI=1S/C17H25F3N4O5S/c1-22-9-13(8-21-22)30(27)23(2)12-7-16(28-11-12)3-5-24(6-4-16)15(26)29-14(10-25)17(18,19)20/h8-9,12,14,25H,3-7,10-11H2,1-2H3/t12-,14-,30?/m1/s1. The van der Waals surface area contributed by atoms with Crippen molar-refractivity contribution in [1.82, 2.24) is 19.0 Å². The topological polar surface area (TPSA) is 97.1 Å². The van der Waals surface area contributed by atoms with E-state index in [1.165, 1.54) is 4.90 Å². The van der Waals surface area contributed by atoms with Gasteiger partial charge in [-0.1, -0.05) is 0 Å². The van der Waals surface area contributed by atoms with E-state index in [2.05, 4.69) is 9.84 Å². The fraction of sp³-hybridized carbons (Fsp3) is 0.765. The van der Waals surface area contributed by atoms with Crippen LogP contribution in [-0.2, 0) is 27.5 Å². The summed E-state index contributed by atoms with van der Waals surface area (Å²) in [5.41, 5.74) is -0.519. The Bertz CT molecular complexity index is 782. The van der Waals surface area contributed by atoms with Gasteiger partial charge in [0, 0.05) is 39.4 Å². The van der Waals surface area contributed by atoms with E-state index in [-0.39, 0.29) is 19.1 Å². The molecule has 13 heteroatoms. The summed E-state index contributed by atoms with van der Waals surface area (Å²) in [6, 6.07) is -0.103. The third kappa shape index (κ3) is 4.95. The zero-order valence-electron chi connectivity index (χ0n) is 16.7. The summed E-state index contributed by atoms with van der Waals surface area (Å²) in [5, 5.41) is 12.8. The number of aromatic nitrogens is 2. The zero-order chi connectivity index (χ0) is 22.1. The minimum absolute atomic E-state index is 0.103. The number of rotatable bonds is 5. The Morgan fingerprint density at radius 3 is 2.70 bits per heavy atom. The van der Waals surface area contributed by atoms with E-state index in [4.69, 9.17) is 9.84 Å². The summed E-state index contributed by atoms with van der Waals surface area (Å²) >= 11 is 0. The van der Waals surface area contributed by atoms with Crippen LogP contribution >= 0.6 is 0 Å². The van der Waals surface area contributed by atoms with Gasteiger partial charge in [0.25, 0.3) is 0 Å². The number of amides is 1. The molecule has 9 nitrogen and oxygen atoms in total. The number of aryl methyl sites for hydroxylation is 1. The molecule has 2 aliphatic rings. The average molecular weight is 454 g/mol. The first kappa shape index (κ1) is 23.0. The summed E-state index contributed by atoms with van der Waals surface area (Å²) in [6.45, 7) is -0.597. The average Bonchev–Trinajstić information content (AvgIpc) is 3.31. The fourth-order valence-corrected chi connectivity index (χ4v) is 4.81. The molecule has 0 bridgehead atoms. The van der Waals surface area contributed by atoms with Crippen molar-refractivity contribution in [2.75, 3.05) is 33.4 Å². The molecule has 1 aromatic rings. The highest BCUT2D eigenvalue weighted by atomic mass is 32.2. The van der Waals surface area contributed by atoms with Gasteiger partial charge >= 0.3 is 12.3 Å². The van der Waals surface area contributed by atoms with Crippen LogP contribution in [0.4, 0.5) is 18.0 Å². The lowest BCUT2D eigenvalue weighted by molar-refractivity contribution is -0.215. The number of hydrogen-bond acceptors (Lipinski definition) is 6. The summed E-state index contributed by atoms with van der Waals surface area (Å²) in [7, 11) is 2.09. The molecule has 3 heterocycles. The Labute approximate surface area is 174 Å². The highest BCUT2D eigenvalue weighted by Crippen LogP contribution is 2.38. The minimum atomic E-state index is -4.82. The van der Waals surface area contributed by atoms with E-state index in [1.54, 1.807) is 35.5 Å². The Morgan fingerprint density at radius 1 is 1.50 bits per heavy atom. The largest absolute Gasteiger partial charge is 0.434 e. The van der Waals surface area contributed by atoms with Crippen molar-refractivity contribution in [2.45, 2.75) is 48.1 Å². The van der Waals surface area contributed by atoms with Crippen LogP contribution in [0.15, 0.2) is 17.3 Å². The molecule has 0 aliphatic carbocycles. The second kappa shape index (κ2) is 8.81. The molecule has 1 aromatic heterocycles. The smallest absolute Gasteiger partial charge is 0.427 e. The predicted octanol–water partition coefficient (Wildman–Crippen LogP) is 1.06. The maximum Gasteiger partial charge on any atom is 0.427 e. The number of piperidine rings is 1. The van der Waals surface area contributed by atoms with Crippen LogP contribution in [0.2, 0.25) is 0 Å². The van der Waals surface area contributed by atoms with Gasteiger partial charge in [0.2, 0.25) is 6.10 Å². The number of alkyl halides is 3. The van der Waals surface area contributed by atoms with Gasteiger partial charge in [-0.2, -0.15) is 18.3 Å². The maximum atomic E-state index is 12.7. The molecular weight excluding hydrogens is 429 g/mol. The zero-order valence-corrected chi connectivity index (χ0v) is 17.5. The van der Waals surface area contributed by atoms with E-state index in [9.17, 15) is 22.2 Å². The van der Waals surface area contributed by atoms with Crippen molar-refractivity contribution < 1.29 is 36.8 Å². The van der Waals surface area contributed by atoms with Crippen LogP contribution in [-0.4, -0.2) is 91.7 Å². The van der Waals surface area contributed by atoms with Gasteiger partial charge < -0.3 is 19.5 Å². The first-order valence-electron chi connectivity index (χ1n) is 9.45. The van der Waals surface area contributed by atoms with Crippen molar-refractivity contribution >= 4 is 17.1 Å². The van der Waals surface area contributed by atoms with Crippen LogP contribution in [0.5, 0.6) is 0 Å². The molecule has 0 aromatic carbocycles. The minimum Gasteiger partial charge on any atom is -0.434 e. The normalized spacial score (nSPS) is 23.7. The quantitative estimate of drug-likeness (QED) is 0.715. The molecule has 3 rings (SSSR count). The number of aliphatic hydroxyl groups excluding tert-OH is 1. The molecule has 30 heavy (non-hydrogen) atoms. The van der Waals surface area contributed by atoms with Crippen LogP contribution < -0.4 is 0 Å². The Kier molecular flexibility index (Phi) is 6.75. The molecule has 170 valence electrons. The SMILES string of the molecule is CN([C@H]1COC2(CCN(C(=O)O[C@H](CO)C(F)(F)F)CC2)C1)S(=O)c1cnn(C)c1. The molecule has 1 N–H and O–H groups in total. The molecule has 1 unspecified atom stereocenters.